The van der Waals surface area contributed by atoms with Crippen LogP contribution < -0.4 is 5.11 Å². The number of rotatable bonds is 4. The lowest BCUT2D eigenvalue weighted by Gasteiger charge is -2.01. The number of halogens is 1. The minimum Gasteiger partial charge on any atom is -0.544 e. The lowest BCUT2D eigenvalue weighted by Crippen LogP contribution is -2.21. The van der Waals surface area contributed by atoms with Crippen LogP contribution in [0.2, 0.25) is 0 Å². The lowest BCUT2D eigenvalue weighted by molar-refractivity contribution is -0.254. The number of aromatic nitrogens is 1. The Balaban J connectivity index is 1.95. The molecule has 0 atom stereocenters. The normalized spacial score (nSPS) is 11.0. The third-order valence-electron chi connectivity index (χ3n) is 3.16. The van der Waals surface area contributed by atoms with Gasteiger partial charge in [0.2, 0.25) is 0 Å². The van der Waals surface area contributed by atoms with E-state index in [2.05, 4.69) is 4.98 Å². The second-order valence-corrected chi connectivity index (χ2v) is 5.80. The molecule has 1 aromatic heterocycles. The van der Waals surface area contributed by atoms with Crippen molar-refractivity contribution < 1.29 is 14.3 Å². The summed E-state index contributed by atoms with van der Waals surface area (Å²) in [5, 5.41) is 11.9. The second kappa shape index (κ2) is 6.54. The van der Waals surface area contributed by atoms with Gasteiger partial charge in [-0.3, -0.25) is 0 Å². The molecule has 0 saturated heterocycles. The van der Waals surface area contributed by atoms with Gasteiger partial charge in [-0.2, -0.15) is 0 Å². The number of carbonyl (C=O) groups is 1. The number of carboxylic acid groups (broad SMARTS) is 1. The zero-order valence-electron chi connectivity index (χ0n) is 11.9. The summed E-state index contributed by atoms with van der Waals surface area (Å²) >= 11 is 1.05. The molecule has 0 unspecified atom stereocenters. The molecule has 5 heteroatoms. The molecule has 0 bridgehead atoms. The molecule has 0 aliphatic carbocycles. The maximum atomic E-state index is 12.9. The van der Waals surface area contributed by atoms with Gasteiger partial charge in [0.1, 0.15) is 10.8 Å². The summed E-state index contributed by atoms with van der Waals surface area (Å²) in [6.07, 6.45) is 3.46. The summed E-state index contributed by atoms with van der Waals surface area (Å²) in [7, 11) is 0. The summed E-state index contributed by atoms with van der Waals surface area (Å²) < 4.78 is 12.9. The average Bonchev–Trinajstić information content (AvgIpc) is 3.00. The predicted octanol–water partition coefficient (Wildman–Crippen LogP) is 3.48. The Morgan fingerprint density at radius 3 is 2.39 bits per heavy atom. The molecule has 0 radical (unpaired) electrons. The van der Waals surface area contributed by atoms with E-state index >= 15 is 0 Å². The number of nitrogens with zero attached hydrogens (tertiary/aromatic N) is 1. The Labute approximate surface area is 136 Å². The van der Waals surface area contributed by atoms with Gasteiger partial charge in [0, 0.05) is 5.56 Å². The number of carboxylic acids is 1. The van der Waals surface area contributed by atoms with Crippen molar-refractivity contribution in [2.75, 3.05) is 0 Å². The molecule has 0 aliphatic rings. The highest BCUT2D eigenvalue weighted by Crippen LogP contribution is 2.28. The summed E-state index contributed by atoms with van der Waals surface area (Å²) in [6.45, 7) is 0. The molecule has 0 fully saturated rings. The zero-order valence-corrected chi connectivity index (χ0v) is 12.7. The van der Waals surface area contributed by atoms with Crippen LogP contribution in [0.15, 0.2) is 54.6 Å². The smallest absolute Gasteiger partial charge is 0.123 e. The van der Waals surface area contributed by atoms with Crippen molar-refractivity contribution in [2.45, 2.75) is 0 Å². The fraction of sp³-hybridized carbons (Fsp3) is 0. The van der Waals surface area contributed by atoms with E-state index in [-0.39, 0.29) is 10.7 Å². The van der Waals surface area contributed by atoms with Crippen molar-refractivity contribution >= 4 is 29.5 Å². The summed E-state index contributed by atoms with van der Waals surface area (Å²) in [6, 6.07) is 15.1. The van der Waals surface area contributed by atoms with E-state index in [1.165, 1.54) is 12.1 Å². The first-order valence-corrected chi connectivity index (χ1v) is 7.66. The molecular weight excluding hydrogens is 313 g/mol. The molecule has 0 amide bonds. The zero-order chi connectivity index (χ0) is 16.2. The van der Waals surface area contributed by atoms with Crippen molar-refractivity contribution in [3.8, 4) is 11.3 Å². The van der Waals surface area contributed by atoms with Crippen molar-refractivity contribution in [1.82, 2.24) is 4.98 Å². The SMILES string of the molecule is O=C([O-])c1sc(/C=C/c2ccc(F)cc2)nc1-c1ccccc1. The third kappa shape index (κ3) is 3.52. The summed E-state index contributed by atoms with van der Waals surface area (Å²) in [4.78, 5) is 15.8. The van der Waals surface area contributed by atoms with Gasteiger partial charge in [0.05, 0.1) is 16.5 Å². The van der Waals surface area contributed by atoms with Crippen molar-refractivity contribution in [3.05, 3.63) is 75.9 Å². The number of hydrogen-bond acceptors (Lipinski definition) is 4. The highest BCUT2D eigenvalue weighted by atomic mass is 32.1. The average molecular weight is 324 g/mol. The number of benzene rings is 2. The Hall–Kier alpha value is -2.79. The summed E-state index contributed by atoms with van der Waals surface area (Å²) in [5.41, 5.74) is 1.93. The van der Waals surface area contributed by atoms with Crippen LogP contribution in [0.5, 0.6) is 0 Å². The Bertz CT molecular complexity index is 854. The first-order chi connectivity index (χ1) is 11.1. The molecule has 114 valence electrons. The second-order valence-electron chi connectivity index (χ2n) is 4.77. The predicted molar refractivity (Wildman–Crippen MR) is 87.2 cm³/mol. The van der Waals surface area contributed by atoms with Gasteiger partial charge in [-0.25, -0.2) is 9.37 Å². The Morgan fingerprint density at radius 2 is 1.74 bits per heavy atom. The maximum absolute atomic E-state index is 12.9. The van der Waals surface area contributed by atoms with Gasteiger partial charge in [-0.15, -0.1) is 11.3 Å². The summed E-state index contributed by atoms with van der Waals surface area (Å²) in [5.74, 6) is -1.55. The van der Waals surface area contributed by atoms with Gasteiger partial charge in [-0.1, -0.05) is 48.5 Å². The van der Waals surface area contributed by atoms with Gasteiger partial charge < -0.3 is 9.90 Å². The van der Waals surface area contributed by atoms with Crippen LogP contribution in [0.25, 0.3) is 23.4 Å². The number of carbonyl (C=O) groups excluding carboxylic acids is 1. The molecule has 3 aromatic rings. The molecule has 23 heavy (non-hydrogen) atoms. The van der Waals surface area contributed by atoms with Crippen LogP contribution in [0, 0.1) is 5.82 Å². The number of hydrogen-bond donors (Lipinski definition) is 0. The number of aromatic carboxylic acids is 1. The molecule has 3 nitrogen and oxygen atoms in total. The minimum absolute atomic E-state index is 0.0926. The van der Waals surface area contributed by atoms with E-state index in [0.29, 0.717) is 10.7 Å². The van der Waals surface area contributed by atoms with Gasteiger partial charge in [0.15, 0.2) is 0 Å². The lowest BCUT2D eigenvalue weighted by atomic mass is 10.1. The van der Waals surface area contributed by atoms with Crippen LogP contribution in [0.1, 0.15) is 20.2 Å². The highest BCUT2D eigenvalue weighted by Gasteiger charge is 2.12. The molecule has 2 aromatic carbocycles. The third-order valence-corrected chi connectivity index (χ3v) is 4.17. The van der Waals surface area contributed by atoms with E-state index < -0.39 is 5.97 Å². The maximum Gasteiger partial charge on any atom is 0.123 e. The fourth-order valence-corrected chi connectivity index (χ4v) is 2.91. The Morgan fingerprint density at radius 1 is 1.04 bits per heavy atom. The molecule has 0 N–H and O–H groups in total. The van der Waals surface area contributed by atoms with Crippen LogP contribution in [0.3, 0.4) is 0 Å². The van der Waals surface area contributed by atoms with Gasteiger partial charge >= 0.3 is 0 Å². The standard InChI is InChI=1S/C18H12FNO2S/c19-14-9-6-12(7-10-14)8-11-15-20-16(17(23-15)18(21)22)13-4-2-1-3-5-13/h1-11H,(H,21,22)/p-1/b11-8+. The van der Waals surface area contributed by atoms with E-state index in [4.69, 9.17) is 0 Å². The minimum atomic E-state index is -1.25. The monoisotopic (exact) mass is 324 g/mol. The largest absolute Gasteiger partial charge is 0.544 e. The van der Waals surface area contributed by atoms with E-state index in [1.54, 1.807) is 36.4 Å². The van der Waals surface area contributed by atoms with Gasteiger partial charge in [-0.05, 0) is 23.8 Å². The van der Waals surface area contributed by atoms with Crippen LogP contribution >= 0.6 is 11.3 Å². The molecule has 3 rings (SSSR count). The number of thiazole rings is 1. The first kappa shape index (κ1) is 15.1. The Kier molecular flexibility index (Phi) is 4.30. The first-order valence-electron chi connectivity index (χ1n) is 6.85. The van der Waals surface area contributed by atoms with Crippen LogP contribution in [-0.2, 0) is 0 Å². The van der Waals surface area contributed by atoms with E-state index in [9.17, 15) is 14.3 Å². The molecule has 0 spiro atoms. The van der Waals surface area contributed by atoms with E-state index in [1.807, 2.05) is 18.2 Å². The van der Waals surface area contributed by atoms with Crippen molar-refractivity contribution in [1.29, 1.82) is 0 Å². The highest BCUT2D eigenvalue weighted by molar-refractivity contribution is 7.14. The molecule has 1 heterocycles. The topological polar surface area (TPSA) is 53.0 Å². The van der Waals surface area contributed by atoms with Crippen LogP contribution in [0.4, 0.5) is 4.39 Å². The van der Waals surface area contributed by atoms with Crippen molar-refractivity contribution in [3.63, 3.8) is 0 Å². The quantitative estimate of drug-likeness (QED) is 0.738. The molecular formula is C18H11FNO2S-. The van der Waals surface area contributed by atoms with Crippen LogP contribution in [-0.4, -0.2) is 11.0 Å². The fourth-order valence-electron chi connectivity index (χ4n) is 2.08. The van der Waals surface area contributed by atoms with E-state index in [0.717, 1.165) is 22.5 Å². The van der Waals surface area contributed by atoms with Crippen molar-refractivity contribution in [2.24, 2.45) is 0 Å². The van der Waals surface area contributed by atoms with Gasteiger partial charge in [0.25, 0.3) is 0 Å². The molecule has 0 aliphatic heterocycles. The molecule has 0 saturated carbocycles.